The topological polar surface area (TPSA) is 332 Å². The second-order valence-electron chi connectivity index (χ2n) is 22.9. The summed E-state index contributed by atoms with van der Waals surface area (Å²) in [7, 11) is 0. The fourth-order valence-corrected chi connectivity index (χ4v) is 7.48. The van der Waals surface area contributed by atoms with Crippen molar-refractivity contribution in [3.8, 4) is 0 Å². The van der Waals surface area contributed by atoms with E-state index in [1.807, 2.05) is 0 Å². The molecule has 0 radical (unpaired) electrons. The zero-order valence-electron chi connectivity index (χ0n) is 49.5. The van der Waals surface area contributed by atoms with E-state index in [9.17, 15) is 57.5 Å². The molecule has 24 nitrogen and oxygen atoms in total. The van der Waals surface area contributed by atoms with Gasteiger partial charge in [0.1, 0.15) is 36.3 Å². The Kier molecular flexibility index (Phi) is 27.9. The van der Waals surface area contributed by atoms with E-state index in [0.29, 0.717) is 0 Å². The average Bonchev–Trinajstić information content (AvgIpc) is 3.31. The molecular weight excluding hydrogens is 1020 g/mol. The third-order valence-corrected chi connectivity index (χ3v) is 12.6. The van der Waals surface area contributed by atoms with Crippen molar-refractivity contribution in [1.29, 1.82) is 0 Å². The molecule has 1 heterocycles. The van der Waals surface area contributed by atoms with E-state index < -0.39 is 197 Å². The number of esters is 6. The van der Waals surface area contributed by atoms with Crippen LogP contribution in [0.4, 0.5) is 0 Å². The summed E-state index contributed by atoms with van der Waals surface area (Å²) < 4.78 is 33.5. The first-order chi connectivity index (χ1) is 35.9. The molecule has 78 heavy (non-hydrogen) atoms. The van der Waals surface area contributed by atoms with Gasteiger partial charge in [-0.3, -0.25) is 28.8 Å². The Morgan fingerprint density at radius 2 is 0.372 bits per heavy atom. The van der Waals surface area contributed by atoms with Crippen LogP contribution in [0.5, 0.6) is 0 Å². The van der Waals surface area contributed by atoms with Crippen LogP contribution in [0.1, 0.15) is 145 Å². The molecule has 444 valence electrons. The summed E-state index contributed by atoms with van der Waals surface area (Å²) in [5.74, 6) is -17.8. The molecule has 0 unspecified atom stereocenters. The zero-order valence-corrected chi connectivity index (χ0v) is 49.5. The molecule has 1 fully saturated rings. The lowest BCUT2D eigenvalue weighted by Gasteiger charge is -2.30. The largest absolute Gasteiger partial charge is 0.451 e. The summed E-state index contributed by atoms with van der Waals surface area (Å²) in [6.45, 7) is 32.1. The number of hydrogen-bond donors (Lipinski definition) is 6. The number of ether oxygens (including phenoxy) is 6. The molecule has 0 aliphatic carbocycles. The SMILES string of the molecule is CC(C)[C@@H]1NC(=O)[C@H](C)OC(=O)[C@@H](C(C)C)NC(=O)[C@@H](C(C)C)OC(=O)[C@H](C(C)C)NC(=O)[C@H](C)OC(=O)[C@@H](C(C)C)NC(=O)[C@@H](C(C)C)OC(=O)[C@@H](C(C)C)NC(=O)[C@@H](C)OC(=O)[C@@H](C(C)C)NC(=O)[C@@H](C(C)C)OC1=O. The molecule has 0 spiro atoms. The van der Waals surface area contributed by atoms with Crippen molar-refractivity contribution in [3.63, 3.8) is 0 Å². The molecule has 0 saturated carbocycles. The first kappa shape index (κ1) is 69.7. The fraction of sp³-hybridized carbons (Fsp3) is 0.778. The average molecular weight is 1110 g/mol. The Morgan fingerprint density at radius 1 is 0.231 bits per heavy atom. The van der Waals surface area contributed by atoms with Gasteiger partial charge < -0.3 is 60.3 Å². The molecule has 24 heteroatoms. The second-order valence-corrected chi connectivity index (χ2v) is 22.9. The van der Waals surface area contributed by atoms with E-state index in [2.05, 4.69) is 31.9 Å². The van der Waals surface area contributed by atoms with Crippen molar-refractivity contribution in [2.75, 3.05) is 0 Å². The van der Waals surface area contributed by atoms with E-state index in [1.165, 1.54) is 20.8 Å². The van der Waals surface area contributed by atoms with E-state index in [1.54, 1.807) is 125 Å². The molecule has 1 aliphatic rings. The van der Waals surface area contributed by atoms with Crippen LogP contribution in [0.2, 0.25) is 0 Å². The van der Waals surface area contributed by atoms with Gasteiger partial charge in [0.25, 0.3) is 35.4 Å². The first-order valence-electron chi connectivity index (χ1n) is 26.9. The predicted molar refractivity (Wildman–Crippen MR) is 281 cm³/mol. The number of amides is 6. The first-order valence-corrected chi connectivity index (χ1v) is 26.9. The highest BCUT2D eigenvalue weighted by Crippen LogP contribution is 2.19. The molecule has 0 aromatic carbocycles. The van der Waals surface area contributed by atoms with E-state index >= 15 is 0 Å². The summed E-state index contributed by atoms with van der Waals surface area (Å²) >= 11 is 0. The van der Waals surface area contributed by atoms with Crippen LogP contribution in [0.3, 0.4) is 0 Å². The highest BCUT2D eigenvalue weighted by molar-refractivity contribution is 5.96. The lowest BCUT2D eigenvalue weighted by Crippen LogP contribution is -2.56. The Hall–Kier alpha value is -6.36. The summed E-state index contributed by atoms with van der Waals surface area (Å²) in [5.41, 5.74) is 0. The van der Waals surface area contributed by atoms with Crippen molar-refractivity contribution in [2.24, 2.45) is 53.3 Å². The van der Waals surface area contributed by atoms with Gasteiger partial charge >= 0.3 is 35.8 Å². The number of cyclic esters (lactones) is 6. The number of nitrogens with one attached hydrogen (secondary N) is 6. The molecule has 1 rings (SSSR count). The number of rotatable bonds is 9. The lowest BCUT2D eigenvalue weighted by molar-refractivity contribution is -0.167. The minimum Gasteiger partial charge on any atom is -0.451 e. The number of carbonyl (C=O) groups excluding carboxylic acids is 12. The highest BCUT2D eigenvalue weighted by atomic mass is 16.6. The van der Waals surface area contributed by atoms with Crippen LogP contribution in [-0.2, 0) is 86.0 Å². The molecule has 6 N–H and O–H groups in total. The smallest absolute Gasteiger partial charge is 0.329 e. The molecular formula is C54H90N6O18. The van der Waals surface area contributed by atoms with Gasteiger partial charge in [0.15, 0.2) is 36.6 Å². The zero-order chi connectivity index (χ0) is 60.5. The van der Waals surface area contributed by atoms with Crippen LogP contribution >= 0.6 is 0 Å². The molecule has 0 aromatic heterocycles. The predicted octanol–water partition coefficient (Wildman–Crippen LogP) is 2.34. The molecule has 12 atom stereocenters. The molecule has 1 saturated heterocycles. The van der Waals surface area contributed by atoms with E-state index in [0.717, 1.165) is 0 Å². The van der Waals surface area contributed by atoms with Crippen molar-refractivity contribution in [2.45, 2.75) is 218 Å². The second kappa shape index (κ2) is 31.3. The van der Waals surface area contributed by atoms with Crippen LogP contribution in [-0.4, -0.2) is 144 Å². The van der Waals surface area contributed by atoms with Gasteiger partial charge in [0.2, 0.25) is 0 Å². The van der Waals surface area contributed by atoms with E-state index in [4.69, 9.17) is 28.4 Å². The third kappa shape index (κ3) is 20.8. The molecule has 0 bridgehead atoms. The van der Waals surface area contributed by atoms with Gasteiger partial charge in [-0.25, -0.2) is 28.8 Å². The van der Waals surface area contributed by atoms with Crippen molar-refractivity contribution >= 4 is 71.3 Å². The van der Waals surface area contributed by atoms with Gasteiger partial charge in [0, 0.05) is 0 Å². The van der Waals surface area contributed by atoms with E-state index in [-0.39, 0.29) is 0 Å². The van der Waals surface area contributed by atoms with Crippen molar-refractivity contribution in [3.05, 3.63) is 0 Å². The van der Waals surface area contributed by atoms with Gasteiger partial charge in [-0.15, -0.1) is 0 Å². The lowest BCUT2D eigenvalue weighted by atomic mass is 10.0. The molecule has 6 amide bonds. The van der Waals surface area contributed by atoms with Crippen molar-refractivity contribution in [1.82, 2.24) is 31.9 Å². The Balaban J connectivity index is 3.87. The Morgan fingerprint density at radius 3 is 0.513 bits per heavy atom. The minimum absolute atomic E-state index is 0.647. The minimum atomic E-state index is -1.55. The summed E-state index contributed by atoms with van der Waals surface area (Å²) in [5, 5.41) is 15.1. The third-order valence-electron chi connectivity index (χ3n) is 12.6. The highest BCUT2D eigenvalue weighted by Gasteiger charge is 2.42. The van der Waals surface area contributed by atoms with Crippen LogP contribution in [0.15, 0.2) is 0 Å². The van der Waals surface area contributed by atoms with Crippen LogP contribution in [0.25, 0.3) is 0 Å². The molecule has 1 aliphatic heterocycles. The number of carbonyl (C=O) groups is 12. The van der Waals surface area contributed by atoms with Crippen LogP contribution in [0, 0.1) is 53.3 Å². The van der Waals surface area contributed by atoms with Gasteiger partial charge in [-0.1, -0.05) is 125 Å². The maximum atomic E-state index is 13.9. The Labute approximate surface area is 459 Å². The molecule has 0 aromatic rings. The maximum Gasteiger partial charge on any atom is 0.329 e. The number of hydrogen-bond acceptors (Lipinski definition) is 18. The maximum absolute atomic E-state index is 13.9. The van der Waals surface area contributed by atoms with Gasteiger partial charge in [-0.05, 0) is 74.0 Å². The quantitative estimate of drug-likeness (QED) is 0.143. The standard InChI is InChI=1S/C54H90N6O18/c1-22(2)34-49(67)73-31(19)43(61)55-38(26(9)10)53(71)77-41(29(15)16)47(65)59-36(24(5)6)51(69)75-33(21)45(63)57-39(27(11)12)54(72)78-42(30(17)18)48(66)60-35(23(3)4)50(68)74-32(20)44(62)56-37(25(7)8)52(70)76-40(28(13)14)46(64)58-34/h22-42H,1-21H3,(H,55,61)(H,56,62)(H,57,63)(H,58,64)(H,59,65)(H,60,66)/t31-,32-,33+,34+,35+,36+,37-,38-,39+,40+,41+,42+/m0/s1. The summed E-state index contributed by atoms with van der Waals surface area (Å²) in [6.07, 6.45) is -9.25. The fourth-order valence-electron chi connectivity index (χ4n) is 7.48. The monoisotopic (exact) mass is 1110 g/mol. The Bertz CT molecular complexity index is 1890. The summed E-state index contributed by atoms with van der Waals surface area (Å²) in [6, 6.07) is -8.38. The normalized spacial score (nSPS) is 28.8. The summed E-state index contributed by atoms with van der Waals surface area (Å²) in [4.78, 5) is 165. The van der Waals surface area contributed by atoms with Crippen molar-refractivity contribution < 1.29 is 86.0 Å². The van der Waals surface area contributed by atoms with Gasteiger partial charge in [0.05, 0.1) is 0 Å². The van der Waals surface area contributed by atoms with Crippen LogP contribution < -0.4 is 31.9 Å². The van der Waals surface area contributed by atoms with Gasteiger partial charge in [-0.2, -0.15) is 0 Å².